The molecule has 0 saturated carbocycles. The smallest absolute Gasteiger partial charge is 0.159 e. The van der Waals surface area contributed by atoms with Crippen LogP contribution in [0.3, 0.4) is 0 Å². The van der Waals surface area contributed by atoms with E-state index in [2.05, 4.69) is 12.2 Å². The van der Waals surface area contributed by atoms with Crippen LogP contribution < -0.4 is 5.32 Å². The summed E-state index contributed by atoms with van der Waals surface area (Å²) in [4.78, 5) is 0. The second kappa shape index (κ2) is 8.23. The van der Waals surface area contributed by atoms with E-state index in [1.165, 1.54) is 12.1 Å². The van der Waals surface area contributed by atoms with Crippen LogP contribution in [0.25, 0.3) is 0 Å². The maximum absolute atomic E-state index is 13.3. The molecule has 19 heavy (non-hydrogen) atoms. The first-order valence-corrected chi connectivity index (χ1v) is 6.79. The van der Waals surface area contributed by atoms with Crippen molar-refractivity contribution in [3.8, 4) is 0 Å². The standard InChI is InChI=1S/C15H23F2NO/c1-4-9-18-15(8-5-11(2)19-3)12-6-7-13(16)14(17)10-12/h6-7,10-11,15,18H,4-5,8-9H2,1-3H3. The number of ether oxygens (including phenoxy) is 1. The van der Waals surface area contributed by atoms with Gasteiger partial charge in [-0.2, -0.15) is 0 Å². The van der Waals surface area contributed by atoms with Crippen LogP contribution in [0.1, 0.15) is 44.7 Å². The highest BCUT2D eigenvalue weighted by molar-refractivity contribution is 5.21. The van der Waals surface area contributed by atoms with Gasteiger partial charge < -0.3 is 10.1 Å². The second-order valence-corrected chi connectivity index (χ2v) is 4.80. The molecule has 0 spiro atoms. The van der Waals surface area contributed by atoms with Gasteiger partial charge in [-0.1, -0.05) is 13.0 Å². The summed E-state index contributed by atoms with van der Waals surface area (Å²) in [5.41, 5.74) is 0.788. The summed E-state index contributed by atoms with van der Waals surface area (Å²) in [6.45, 7) is 4.93. The minimum Gasteiger partial charge on any atom is -0.382 e. The van der Waals surface area contributed by atoms with Crippen LogP contribution in [0.5, 0.6) is 0 Å². The van der Waals surface area contributed by atoms with Gasteiger partial charge in [0.15, 0.2) is 11.6 Å². The van der Waals surface area contributed by atoms with Crippen molar-refractivity contribution in [3.63, 3.8) is 0 Å². The Kier molecular flexibility index (Phi) is 6.95. The van der Waals surface area contributed by atoms with Crippen molar-refractivity contribution >= 4 is 0 Å². The number of nitrogens with one attached hydrogen (secondary N) is 1. The molecule has 0 heterocycles. The Bertz CT molecular complexity index is 384. The van der Waals surface area contributed by atoms with E-state index in [4.69, 9.17) is 4.74 Å². The lowest BCUT2D eigenvalue weighted by Gasteiger charge is -2.21. The van der Waals surface area contributed by atoms with E-state index in [-0.39, 0.29) is 12.1 Å². The van der Waals surface area contributed by atoms with Gasteiger partial charge in [0.2, 0.25) is 0 Å². The first-order valence-electron chi connectivity index (χ1n) is 6.79. The van der Waals surface area contributed by atoms with Crippen LogP contribution in [-0.2, 0) is 4.74 Å². The fourth-order valence-corrected chi connectivity index (χ4v) is 1.95. The lowest BCUT2D eigenvalue weighted by atomic mass is 10.00. The number of methoxy groups -OCH3 is 1. The summed E-state index contributed by atoms with van der Waals surface area (Å²) in [7, 11) is 1.68. The van der Waals surface area contributed by atoms with Crippen LogP contribution in [-0.4, -0.2) is 19.8 Å². The summed E-state index contributed by atoms with van der Waals surface area (Å²) in [6, 6.07) is 4.14. The first-order chi connectivity index (χ1) is 9.08. The highest BCUT2D eigenvalue weighted by atomic mass is 19.2. The predicted octanol–water partition coefficient (Wildman–Crippen LogP) is 3.82. The summed E-state index contributed by atoms with van der Waals surface area (Å²) in [5.74, 6) is -1.59. The number of halogens is 2. The van der Waals surface area contributed by atoms with E-state index < -0.39 is 11.6 Å². The molecule has 0 amide bonds. The third-order valence-corrected chi connectivity index (χ3v) is 3.25. The molecule has 0 aromatic heterocycles. The average molecular weight is 271 g/mol. The van der Waals surface area contributed by atoms with Gasteiger partial charge >= 0.3 is 0 Å². The van der Waals surface area contributed by atoms with Gasteiger partial charge in [0, 0.05) is 13.2 Å². The topological polar surface area (TPSA) is 21.3 Å². The molecule has 1 rings (SSSR count). The molecule has 0 aliphatic rings. The van der Waals surface area contributed by atoms with Gasteiger partial charge in [0.1, 0.15) is 0 Å². The van der Waals surface area contributed by atoms with Crippen molar-refractivity contribution in [2.24, 2.45) is 0 Å². The molecular weight excluding hydrogens is 248 g/mol. The third kappa shape index (κ3) is 5.25. The van der Waals surface area contributed by atoms with Crippen LogP contribution in [0, 0.1) is 11.6 Å². The van der Waals surface area contributed by atoms with Gasteiger partial charge in [-0.05, 0) is 50.4 Å². The third-order valence-electron chi connectivity index (χ3n) is 3.25. The summed E-state index contributed by atoms with van der Waals surface area (Å²) in [6.07, 6.45) is 2.87. The normalized spacial score (nSPS) is 14.4. The molecule has 0 aliphatic carbocycles. The molecule has 4 heteroatoms. The minimum absolute atomic E-state index is 0.0349. The van der Waals surface area contributed by atoms with Crippen molar-refractivity contribution in [1.82, 2.24) is 5.32 Å². The van der Waals surface area contributed by atoms with E-state index in [1.54, 1.807) is 13.2 Å². The number of rotatable bonds is 8. The summed E-state index contributed by atoms with van der Waals surface area (Å²) in [5, 5.41) is 3.37. The van der Waals surface area contributed by atoms with Crippen molar-refractivity contribution in [3.05, 3.63) is 35.4 Å². The largest absolute Gasteiger partial charge is 0.382 e. The Morgan fingerprint density at radius 2 is 1.95 bits per heavy atom. The Labute approximate surface area is 114 Å². The molecule has 2 nitrogen and oxygen atoms in total. The molecule has 2 unspecified atom stereocenters. The molecule has 1 aromatic rings. The van der Waals surface area contributed by atoms with Crippen molar-refractivity contribution in [1.29, 1.82) is 0 Å². The molecule has 0 saturated heterocycles. The molecule has 1 aromatic carbocycles. The van der Waals surface area contributed by atoms with E-state index in [9.17, 15) is 8.78 Å². The Morgan fingerprint density at radius 3 is 2.53 bits per heavy atom. The zero-order valence-corrected chi connectivity index (χ0v) is 11.9. The minimum atomic E-state index is -0.803. The van der Waals surface area contributed by atoms with Gasteiger partial charge in [0.05, 0.1) is 6.10 Å². The zero-order valence-electron chi connectivity index (χ0n) is 11.9. The second-order valence-electron chi connectivity index (χ2n) is 4.80. The van der Waals surface area contributed by atoms with Crippen LogP contribution >= 0.6 is 0 Å². The molecule has 2 atom stereocenters. The van der Waals surface area contributed by atoms with Gasteiger partial charge in [0.25, 0.3) is 0 Å². The van der Waals surface area contributed by atoms with Crippen LogP contribution in [0.15, 0.2) is 18.2 Å². The zero-order chi connectivity index (χ0) is 14.3. The van der Waals surface area contributed by atoms with Crippen LogP contribution in [0.2, 0.25) is 0 Å². The van der Waals surface area contributed by atoms with E-state index in [0.717, 1.165) is 31.4 Å². The quantitative estimate of drug-likeness (QED) is 0.776. The first kappa shape index (κ1) is 16.1. The molecular formula is C15H23F2NO. The molecule has 0 fully saturated rings. The van der Waals surface area contributed by atoms with Crippen molar-refractivity contribution < 1.29 is 13.5 Å². The Morgan fingerprint density at radius 1 is 1.21 bits per heavy atom. The monoisotopic (exact) mass is 271 g/mol. The predicted molar refractivity (Wildman–Crippen MR) is 73.1 cm³/mol. The van der Waals surface area contributed by atoms with Crippen molar-refractivity contribution in [2.75, 3.05) is 13.7 Å². The molecule has 0 bridgehead atoms. The van der Waals surface area contributed by atoms with Crippen molar-refractivity contribution in [2.45, 2.75) is 45.3 Å². The fourth-order valence-electron chi connectivity index (χ4n) is 1.95. The molecule has 0 aliphatic heterocycles. The summed E-state index contributed by atoms with van der Waals surface area (Å²) >= 11 is 0. The lowest BCUT2D eigenvalue weighted by molar-refractivity contribution is 0.106. The maximum Gasteiger partial charge on any atom is 0.159 e. The Hall–Kier alpha value is -1.00. The highest BCUT2D eigenvalue weighted by Gasteiger charge is 2.14. The number of hydrogen-bond acceptors (Lipinski definition) is 2. The SMILES string of the molecule is CCCNC(CCC(C)OC)c1ccc(F)c(F)c1. The molecule has 0 radical (unpaired) electrons. The summed E-state index contributed by atoms with van der Waals surface area (Å²) < 4.78 is 31.5. The highest BCUT2D eigenvalue weighted by Crippen LogP contribution is 2.22. The number of hydrogen-bond donors (Lipinski definition) is 1. The molecule has 108 valence electrons. The number of benzene rings is 1. The van der Waals surface area contributed by atoms with Gasteiger partial charge in [-0.25, -0.2) is 8.78 Å². The van der Waals surface area contributed by atoms with Crippen LogP contribution in [0.4, 0.5) is 8.78 Å². The maximum atomic E-state index is 13.3. The van der Waals surface area contributed by atoms with Gasteiger partial charge in [-0.15, -0.1) is 0 Å². The lowest BCUT2D eigenvalue weighted by Crippen LogP contribution is -2.23. The Balaban J connectivity index is 2.73. The molecule has 1 N–H and O–H groups in total. The van der Waals surface area contributed by atoms with E-state index >= 15 is 0 Å². The fraction of sp³-hybridized carbons (Fsp3) is 0.600. The average Bonchev–Trinajstić information content (AvgIpc) is 2.42. The van der Waals surface area contributed by atoms with E-state index in [1.807, 2.05) is 6.92 Å². The van der Waals surface area contributed by atoms with Gasteiger partial charge in [-0.3, -0.25) is 0 Å². The van der Waals surface area contributed by atoms with E-state index in [0.29, 0.717) is 0 Å².